The van der Waals surface area contributed by atoms with E-state index in [2.05, 4.69) is 26.6 Å². The number of hydrogen-bond donors (Lipinski definition) is 10. The molecule has 0 unspecified atom stereocenters. The zero-order valence-corrected chi connectivity index (χ0v) is 28.4. The number of aliphatic hydroxyl groups is 1. The van der Waals surface area contributed by atoms with E-state index in [0.29, 0.717) is 5.56 Å². The lowest BCUT2D eigenvalue weighted by molar-refractivity contribution is -0.140. The van der Waals surface area contributed by atoms with Gasteiger partial charge in [-0.15, -0.1) is 0 Å². The number of carboxylic acid groups (broad SMARTS) is 2. The van der Waals surface area contributed by atoms with Crippen LogP contribution >= 0.6 is 0 Å². The molecule has 0 radical (unpaired) electrons. The molecule has 0 aliphatic carbocycles. The van der Waals surface area contributed by atoms with Crippen molar-refractivity contribution in [2.75, 3.05) is 6.54 Å². The number of nitrogens with two attached hydrogens (primary N) is 2. The van der Waals surface area contributed by atoms with Gasteiger partial charge in [0.25, 0.3) is 0 Å². The number of nitrogens with one attached hydrogen (secondary N) is 5. The molecule has 6 amide bonds. The van der Waals surface area contributed by atoms with Crippen LogP contribution in [0.1, 0.15) is 43.7 Å². The van der Waals surface area contributed by atoms with Gasteiger partial charge < -0.3 is 53.4 Å². The molecule has 0 aliphatic rings. The molecule has 0 saturated heterocycles. The first-order chi connectivity index (χ1) is 24.6. The van der Waals surface area contributed by atoms with Crippen LogP contribution in [0.5, 0.6) is 0 Å². The third-order valence-electron chi connectivity index (χ3n) is 7.62. The molecule has 6 atom stereocenters. The molecule has 282 valence electrons. The van der Waals surface area contributed by atoms with Crippen molar-refractivity contribution in [1.82, 2.24) is 26.6 Å². The van der Waals surface area contributed by atoms with Crippen LogP contribution in [0, 0.1) is 0 Å². The topological polar surface area (TPSA) is 309 Å². The summed E-state index contributed by atoms with van der Waals surface area (Å²) in [6.45, 7) is 0.371. The van der Waals surface area contributed by atoms with E-state index in [4.69, 9.17) is 21.7 Å². The summed E-state index contributed by atoms with van der Waals surface area (Å²) in [6, 6.07) is 9.91. The van der Waals surface area contributed by atoms with E-state index in [-0.39, 0.29) is 25.7 Å². The fourth-order valence-corrected chi connectivity index (χ4v) is 4.87. The number of benzene rings is 2. The van der Waals surface area contributed by atoms with Crippen molar-refractivity contribution in [3.8, 4) is 0 Å². The van der Waals surface area contributed by atoms with Gasteiger partial charge in [0.1, 0.15) is 30.7 Å². The number of amides is 6. The third-order valence-corrected chi connectivity index (χ3v) is 7.62. The molecule has 0 spiro atoms. The number of rotatable bonds is 22. The normalized spacial score (nSPS) is 14.2. The predicted octanol–water partition coefficient (Wildman–Crippen LogP) is -2.55. The van der Waals surface area contributed by atoms with E-state index in [0.717, 1.165) is 5.56 Å². The first kappa shape index (κ1) is 42.3. The Morgan fingerprint density at radius 1 is 0.615 bits per heavy atom. The number of carboxylic acids is 2. The minimum absolute atomic E-state index is 0.124. The molecular formula is C34H45N7O11. The molecule has 0 aromatic heterocycles. The molecule has 0 fully saturated rings. The van der Waals surface area contributed by atoms with Crippen LogP contribution < -0.4 is 38.1 Å². The standard InChI is InChI=1S/C34H45N7O11/c1-19(42)29(41-32(50)24(12-14-26(36)43)38-30(48)22(35)16-20-8-4-2-5-9-20)34(52)40-25(17-21-10-6-3-7-11-21)33(51)39-23(13-15-27(44)45)31(49)37-18-28(46)47/h2-11,19,22-25,29,42H,12-18,35H2,1H3,(H2,36,43)(H,37,49)(H,38,48)(H,39,51)(H,40,52)(H,41,50)(H,44,45)(H,46,47)/t19-,22+,23+,24+,25+,29+/m1/s1. The van der Waals surface area contributed by atoms with Crippen molar-refractivity contribution in [3.63, 3.8) is 0 Å². The van der Waals surface area contributed by atoms with Gasteiger partial charge in [0.2, 0.25) is 35.4 Å². The summed E-state index contributed by atoms with van der Waals surface area (Å²) in [7, 11) is 0. The second-order valence-corrected chi connectivity index (χ2v) is 11.9. The van der Waals surface area contributed by atoms with Gasteiger partial charge in [-0.05, 0) is 37.3 Å². The van der Waals surface area contributed by atoms with Crippen LogP contribution in [-0.2, 0) is 51.2 Å². The third kappa shape index (κ3) is 15.3. The Labute approximate surface area is 299 Å². The van der Waals surface area contributed by atoms with Crippen LogP contribution in [0.25, 0.3) is 0 Å². The fraction of sp³-hybridized carbons (Fsp3) is 0.412. The molecule has 18 heteroatoms. The number of aliphatic hydroxyl groups excluding tert-OH is 1. The first-order valence-corrected chi connectivity index (χ1v) is 16.3. The molecule has 18 nitrogen and oxygen atoms in total. The highest BCUT2D eigenvalue weighted by Crippen LogP contribution is 2.09. The minimum atomic E-state index is -1.72. The summed E-state index contributed by atoms with van der Waals surface area (Å²) < 4.78 is 0. The first-order valence-electron chi connectivity index (χ1n) is 16.3. The van der Waals surface area contributed by atoms with Crippen LogP contribution in [-0.4, -0.2) is 106 Å². The molecule has 0 aliphatic heterocycles. The van der Waals surface area contributed by atoms with Gasteiger partial charge in [-0.25, -0.2) is 0 Å². The Morgan fingerprint density at radius 2 is 1.10 bits per heavy atom. The van der Waals surface area contributed by atoms with Crippen molar-refractivity contribution in [2.24, 2.45) is 11.5 Å². The van der Waals surface area contributed by atoms with E-state index in [1.54, 1.807) is 60.7 Å². The summed E-state index contributed by atoms with van der Waals surface area (Å²) >= 11 is 0. The van der Waals surface area contributed by atoms with Gasteiger partial charge in [-0.1, -0.05) is 60.7 Å². The van der Waals surface area contributed by atoms with E-state index < -0.39 is 103 Å². The SMILES string of the molecule is C[C@@H](O)[C@H](NC(=O)[C@H](CCC(N)=O)NC(=O)[C@@H](N)Cc1ccccc1)C(=O)N[C@@H](Cc1ccccc1)C(=O)N[C@@H](CCC(=O)O)C(=O)NCC(=O)O. The fourth-order valence-electron chi connectivity index (χ4n) is 4.87. The second-order valence-electron chi connectivity index (χ2n) is 11.9. The van der Waals surface area contributed by atoms with Gasteiger partial charge >= 0.3 is 11.9 Å². The molecule has 12 N–H and O–H groups in total. The van der Waals surface area contributed by atoms with Gasteiger partial charge in [-0.3, -0.25) is 38.4 Å². The Kier molecular flexibility index (Phi) is 17.4. The zero-order valence-electron chi connectivity index (χ0n) is 28.4. The summed E-state index contributed by atoms with van der Waals surface area (Å²) in [5.74, 6) is -8.18. The summed E-state index contributed by atoms with van der Waals surface area (Å²) in [4.78, 5) is 99.9. The highest BCUT2D eigenvalue weighted by Gasteiger charge is 2.34. The van der Waals surface area contributed by atoms with E-state index in [1.807, 2.05) is 0 Å². The van der Waals surface area contributed by atoms with Crippen molar-refractivity contribution in [2.45, 2.75) is 81.8 Å². The maximum Gasteiger partial charge on any atom is 0.322 e. The van der Waals surface area contributed by atoms with Gasteiger partial charge in [0, 0.05) is 19.3 Å². The molecule has 52 heavy (non-hydrogen) atoms. The molecule has 2 aromatic rings. The molecule has 0 saturated carbocycles. The number of carbonyl (C=O) groups is 8. The molecule has 0 bridgehead atoms. The quantitative estimate of drug-likeness (QED) is 0.0600. The number of hydrogen-bond acceptors (Lipinski definition) is 10. The van der Waals surface area contributed by atoms with Crippen LogP contribution in [0.3, 0.4) is 0 Å². The average molecular weight is 728 g/mol. The van der Waals surface area contributed by atoms with Gasteiger partial charge in [0.15, 0.2) is 0 Å². The van der Waals surface area contributed by atoms with Gasteiger partial charge in [-0.2, -0.15) is 0 Å². The van der Waals surface area contributed by atoms with Crippen LogP contribution in [0.2, 0.25) is 0 Å². The largest absolute Gasteiger partial charge is 0.481 e. The van der Waals surface area contributed by atoms with Crippen molar-refractivity contribution < 1.29 is 53.7 Å². The molecule has 2 rings (SSSR count). The van der Waals surface area contributed by atoms with Gasteiger partial charge in [0.05, 0.1) is 12.1 Å². The highest BCUT2D eigenvalue weighted by molar-refractivity contribution is 5.96. The lowest BCUT2D eigenvalue weighted by Gasteiger charge is -2.28. The maximum atomic E-state index is 13.6. The Hall–Kier alpha value is -5.88. The predicted molar refractivity (Wildman–Crippen MR) is 184 cm³/mol. The summed E-state index contributed by atoms with van der Waals surface area (Å²) in [5, 5.41) is 40.3. The molecular weight excluding hydrogens is 682 g/mol. The lowest BCUT2D eigenvalue weighted by atomic mass is 10.0. The van der Waals surface area contributed by atoms with Crippen LogP contribution in [0.4, 0.5) is 0 Å². The van der Waals surface area contributed by atoms with Crippen LogP contribution in [0.15, 0.2) is 60.7 Å². The maximum absolute atomic E-state index is 13.6. The Balaban J connectivity index is 2.29. The number of carbonyl (C=O) groups excluding carboxylic acids is 6. The van der Waals surface area contributed by atoms with Crippen molar-refractivity contribution >= 4 is 47.4 Å². The molecule has 0 heterocycles. The molecule has 2 aromatic carbocycles. The van der Waals surface area contributed by atoms with E-state index in [1.165, 1.54) is 6.92 Å². The van der Waals surface area contributed by atoms with Crippen molar-refractivity contribution in [1.29, 1.82) is 0 Å². The van der Waals surface area contributed by atoms with Crippen molar-refractivity contribution in [3.05, 3.63) is 71.8 Å². The number of primary amides is 1. The smallest absolute Gasteiger partial charge is 0.322 e. The summed E-state index contributed by atoms with van der Waals surface area (Å²) in [6.07, 6.45) is -3.21. The van der Waals surface area contributed by atoms with E-state index in [9.17, 15) is 43.5 Å². The monoisotopic (exact) mass is 727 g/mol. The lowest BCUT2D eigenvalue weighted by Crippen LogP contribution is -2.61. The Morgan fingerprint density at radius 3 is 1.62 bits per heavy atom. The highest BCUT2D eigenvalue weighted by atomic mass is 16.4. The van der Waals surface area contributed by atoms with E-state index >= 15 is 0 Å². The second kappa shape index (κ2) is 21.4. The number of aliphatic carboxylic acids is 2. The zero-order chi connectivity index (χ0) is 38.8. The Bertz CT molecular complexity index is 1560. The summed E-state index contributed by atoms with van der Waals surface area (Å²) in [5.41, 5.74) is 12.6. The average Bonchev–Trinajstić information content (AvgIpc) is 3.09. The minimum Gasteiger partial charge on any atom is -0.481 e.